The highest BCUT2D eigenvalue weighted by molar-refractivity contribution is 8.01. The van der Waals surface area contributed by atoms with Gasteiger partial charge in [0.25, 0.3) is 5.91 Å². The van der Waals surface area contributed by atoms with Crippen LogP contribution < -0.4 is 15.8 Å². The number of anilines is 1. The van der Waals surface area contributed by atoms with Gasteiger partial charge in [0.15, 0.2) is 0 Å². The Morgan fingerprint density at radius 1 is 1.39 bits per heavy atom. The number of thioether (sulfide) groups is 1. The average Bonchev–Trinajstić information content (AvgIpc) is 2.73. The molecule has 3 rings (SSSR count). The molecule has 2 atom stereocenters. The Kier molecular flexibility index (Phi) is 6.22. The van der Waals surface area contributed by atoms with E-state index in [0.717, 1.165) is 17.8 Å². The van der Waals surface area contributed by atoms with E-state index in [1.165, 1.54) is 45.5 Å². The largest absolute Gasteiger partial charge is 0.631 e. The molecular formula is C19H22F2N5O4S-. The van der Waals surface area contributed by atoms with Crippen molar-refractivity contribution in [2.75, 3.05) is 25.6 Å². The molecule has 0 bridgehead atoms. The van der Waals surface area contributed by atoms with Crippen LogP contribution in [-0.4, -0.2) is 51.9 Å². The number of carbonyl (C=O) groups excluding carboxylic acids is 1. The zero-order valence-corrected chi connectivity index (χ0v) is 17.9. The van der Waals surface area contributed by atoms with Crippen LogP contribution in [0.2, 0.25) is 0 Å². The number of ether oxygens (including phenoxy) is 1. The molecule has 2 aromatic rings. The summed E-state index contributed by atoms with van der Waals surface area (Å²) < 4.78 is 32.0. The first-order valence-corrected chi connectivity index (χ1v) is 10.1. The van der Waals surface area contributed by atoms with Gasteiger partial charge in [-0.05, 0) is 32.0 Å². The fourth-order valence-electron chi connectivity index (χ4n) is 3.14. The lowest BCUT2D eigenvalue weighted by Gasteiger charge is -2.65. The number of hydroxylamine groups is 4. The van der Waals surface area contributed by atoms with Crippen molar-refractivity contribution in [3.63, 3.8) is 0 Å². The number of hydrogen-bond donors (Lipinski definition) is 2. The van der Waals surface area contributed by atoms with E-state index in [4.69, 9.17) is 10.5 Å². The zero-order valence-electron chi connectivity index (χ0n) is 17.1. The molecule has 2 heterocycles. The van der Waals surface area contributed by atoms with Crippen LogP contribution in [0.15, 0.2) is 30.6 Å². The number of amides is 1. The van der Waals surface area contributed by atoms with E-state index in [2.05, 4.69) is 15.3 Å². The second kappa shape index (κ2) is 8.28. The Morgan fingerprint density at radius 3 is 2.65 bits per heavy atom. The van der Waals surface area contributed by atoms with E-state index in [0.29, 0.717) is 0 Å². The summed E-state index contributed by atoms with van der Waals surface area (Å²) in [6, 6.07) is 3.49. The number of halogens is 2. The van der Waals surface area contributed by atoms with Gasteiger partial charge in [0.2, 0.25) is 5.88 Å². The lowest BCUT2D eigenvalue weighted by molar-refractivity contribution is -0.886. The van der Waals surface area contributed by atoms with E-state index < -0.39 is 45.4 Å². The first kappa shape index (κ1) is 23.3. The maximum Gasteiger partial charge on any atom is 0.275 e. The normalized spacial score (nSPS) is 24.5. The van der Waals surface area contributed by atoms with Crippen molar-refractivity contribution < 1.29 is 23.1 Å². The summed E-state index contributed by atoms with van der Waals surface area (Å²) in [6.45, 7) is 0.836. The van der Waals surface area contributed by atoms with Gasteiger partial charge in [0.05, 0.1) is 19.5 Å². The molecule has 3 N–H and O–H groups in total. The van der Waals surface area contributed by atoms with Gasteiger partial charge in [-0.2, -0.15) is 0 Å². The van der Waals surface area contributed by atoms with Crippen molar-refractivity contribution in [3.05, 3.63) is 58.1 Å². The van der Waals surface area contributed by atoms with Gasteiger partial charge in [-0.1, -0.05) is 0 Å². The predicted octanol–water partition coefficient (Wildman–Crippen LogP) is 2.66. The highest BCUT2D eigenvalue weighted by Gasteiger charge is 2.54. The summed E-state index contributed by atoms with van der Waals surface area (Å²) in [6.07, 6.45) is 2.45. The minimum absolute atomic E-state index is 0.0301. The third-order valence-corrected chi connectivity index (χ3v) is 7.13. The Morgan fingerprint density at radius 2 is 2.10 bits per heavy atom. The van der Waals surface area contributed by atoms with Crippen LogP contribution in [0.3, 0.4) is 0 Å². The number of nitrogens with one attached hydrogen (secondary N) is 1. The van der Waals surface area contributed by atoms with Crippen molar-refractivity contribution >= 4 is 23.4 Å². The monoisotopic (exact) mass is 454 g/mol. The Labute approximate surface area is 181 Å². The molecule has 1 aromatic heterocycles. The zero-order chi connectivity index (χ0) is 23.0. The Hall–Kier alpha value is -2.38. The van der Waals surface area contributed by atoms with Crippen molar-refractivity contribution in [3.8, 4) is 5.88 Å². The lowest BCUT2D eigenvalue weighted by Crippen LogP contribution is -2.69. The molecule has 168 valence electrons. The van der Waals surface area contributed by atoms with Crippen LogP contribution in [-0.2, 0) is 4.75 Å². The smallest absolute Gasteiger partial charge is 0.275 e. The molecule has 0 aliphatic carbocycles. The Bertz CT molecular complexity index is 976. The van der Waals surface area contributed by atoms with Gasteiger partial charge in [-0.3, -0.25) is 4.79 Å². The summed E-state index contributed by atoms with van der Waals surface area (Å²) in [4.78, 5) is 18.1. The van der Waals surface area contributed by atoms with Crippen LogP contribution in [0.25, 0.3) is 0 Å². The number of aromatic nitrogens is 2. The summed E-state index contributed by atoms with van der Waals surface area (Å²) >= 11 is 0.837. The quantitative estimate of drug-likeness (QED) is 0.520. The summed E-state index contributed by atoms with van der Waals surface area (Å²) in [5.74, 6) is -1.25. The number of nitrogens with two attached hydrogens (primary N) is 1. The number of hydrogen-bond acceptors (Lipinski definition) is 8. The molecule has 1 aromatic carbocycles. The molecule has 1 unspecified atom stereocenters. The first-order valence-electron chi connectivity index (χ1n) is 9.23. The standard InChI is InChI=1S/C19H22F2N5O4S/c1-18(2)17(22)31-19(9-20,10-26(18,28)29)12-6-11(4-5-13(12)21)25-16(27)14-7-24-15(30-3)8-23-14/h4-8,17H,9-10,22H2,1-3H3,(H,25,27)/q-1/t17?,19-/m1/s1. The summed E-state index contributed by atoms with van der Waals surface area (Å²) in [7, 11) is 1.40. The van der Waals surface area contributed by atoms with Crippen molar-refractivity contribution in [1.82, 2.24) is 9.97 Å². The van der Waals surface area contributed by atoms with Gasteiger partial charge in [0, 0.05) is 11.3 Å². The van der Waals surface area contributed by atoms with E-state index >= 15 is 0 Å². The van der Waals surface area contributed by atoms with Crippen LogP contribution >= 0.6 is 11.8 Å². The first-order chi connectivity index (χ1) is 14.5. The molecule has 1 aliphatic rings. The maximum atomic E-state index is 14.7. The molecule has 1 aliphatic heterocycles. The highest BCUT2D eigenvalue weighted by Crippen LogP contribution is 2.51. The van der Waals surface area contributed by atoms with Gasteiger partial charge in [0.1, 0.15) is 40.4 Å². The fraction of sp³-hybridized carbons (Fsp3) is 0.421. The van der Waals surface area contributed by atoms with E-state index in [9.17, 15) is 24.0 Å². The number of quaternary nitrogens is 1. The van der Waals surface area contributed by atoms with E-state index in [1.807, 2.05) is 0 Å². The Balaban J connectivity index is 1.93. The summed E-state index contributed by atoms with van der Waals surface area (Å²) in [5, 5.41) is 26.8. The minimum atomic E-state index is -2.08. The number of nitrogens with zero attached hydrogens (tertiary/aromatic N) is 3. The topological polar surface area (TPSA) is 136 Å². The van der Waals surface area contributed by atoms with Crippen LogP contribution in [0.5, 0.6) is 5.88 Å². The SMILES string of the molecule is COc1cnc(C(=O)Nc2ccc(F)c([C@@]3(CF)C[N+]([O-])([O-])C(C)(C)C(N)S3)c2)cn1. The second-order valence-electron chi connectivity index (χ2n) is 7.74. The van der Waals surface area contributed by atoms with E-state index in [-0.39, 0.29) is 22.8 Å². The molecule has 1 amide bonds. The summed E-state index contributed by atoms with van der Waals surface area (Å²) in [5.41, 5.74) is 4.43. The van der Waals surface area contributed by atoms with Crippen molar-refractivity contribution in [1.29, 1.82) is 0 Å². The molecule has 1 fully saturated rings. The van der Waals surface area contributed by atoms with Crippen LogP contribution in [0, 0.1) is 16.2 Å². The third kappa shape index (κ3) is 4.21. The second-order valence-corrected chi connectivity index (χ2v) is 9.27. The third-order valence-electron chi connectivity index (χ3n) is 5.39. The number of benzene rings is 1. The predicted molar refractivity (Wildman–Crippen MR) is 112 cm³/mol. The maximum absolute atomic E-state index is 14.7. The fourth-order valence-corrected chi connectivity index (χ4v) is 4.66. The van der Waals surface area contributed by atoms with Gasteiger partial charge < -0.3 is 31.0 Å². The highest BCUT2D eigenvalue weighted by atomic mass is 32.2. The van der Waals surface area contributed by atoms with Gasteiger partial charge in [-0.25, -0.2) is 18.7 Å². The molecular weight excluding hydrogens is 432 g/mol. The number of rotatable bonds is 5. The van der Waals surface area contributed by atoms with Crippen molar-refractivity contribution in [2.45, 2.75) is 29.5 Å². The van der Waals surface area contributed by atoms with Gasteiger partial charge in [-0.15, -0.1) is 11.8 Å². The molecule has 31 heavy (non-hydrogen) atoms. The molecule has 9 nitrogen and oxygen atoms in total. The lowest BCUT2D eigenvalue weighted by atomic mass is 9.94. The van der Waals surface area contributed by atoms with Crippen molar-refractivity contribution in [2.24, 2.45) is 5.73 Å². The van der Waals surface area contributed by atoms with Crippen LogP contribution in [0.1, 0.15) is 29.9 Å². The number of carbonyl (C=O) groups is 1. The molecule has 12 heteroatoms. The van der Waals surface area contributed by atoms with Crippen LogP contribution in [0.4, 0.5) is 14.5 Å². The van der Waals surface area contributed by atoms with Gasteiger partial charge >= 0.3 is 0 Å². The number of alkyl halides is 1. The molecule has 1 saturated heterocycles. The average molecular weight is 454 g/mol. The van der Waals surface area contributed by atoms with E-state index in [1.54, 1.807) is 0 Å². The molecule has 0 spiro atoms. The minimum Gasteiger partial charge on any atom is -0.631 e. The molecule has 0 saturated carbocycles. The molecule has 0 radical (unpaired) electrons. The number of methoxy groups -OCH3 is 1.